The van der Waals surface area contributed by atoms with Gasteiger partial charge in [0.15, 0.2) is 0 Å². The highest BCUT2D eigenvalue weighted by Crippen LogP contribution is 2.20. The highest BCUT2D eigenvalue weighted by Gasteiger charge is 2.03. The van der Waals surface area contributed by atoms with Crippen LogP contribution in [0.2, 0.25) is 0 Å². The molecule has 0 spiro atoms. The molecule has 3 aromatic rings. The van der Waals surface area contributed by atoms with E-state index in [1.54, 1.807) is 0 Å². The number of benzene rings is 2. The van der Waals surface area contributed by atoms with Crippen LogP contribution in [0.25, 0.3) is 22.3 Å². The Labute approximate surface area is 110 Å². The number of rotatable bonds is 1. The van der Waals surface area contributed by atoms with E-state index in [-0.39, 0.29) is 0 Å². The fourth-order valence-corrected chi connectivity index (χ4v) is 2.29. The predicted molar refractivity (Wildman–Crippen MR) is 77.1 cm³/mol. The number of aromatic amines is 1. The van der Waals surface area contributed by atoms with Crippen LogP contribution in [0.1, 0.15) is 5.56 Å². The van der Waals surface area contributed by atoms with Crippen LogP contribution in [0, 0.1) is 11.6 Å². The van der Waals surface area contributed by atoms with Crippen LogP contribution in [0.15, 0.2) is 48.5 Å². The van der Waals surface area contributed by atoms with Crippen molar-refractivity contribution < 1.29 is 0 Å². The standard InChI is InChI=1S/C15H12N2S/c1-10-5-4-6-11(9-10)14-16-13-8-3-2-7-12(13)15(18)17-14/h2-9H,1H3,(H,16,17,18). The van der Waals surface area contributed by atoms with E-state index in [4.69, 9.17) is 12.2 Å². The van der Waals surface area contributed by atoms with Crippen LogP contribution in [0.5, 0.6) is 0 Å². The molecule has 0 fully saturated rings. The maximum Gasteiger partial charge on any atom is 0.139 e. The summed E-state index contributed by atoms with van der Waals surface area (Å²) in [5, 5.41) is 0.990. The number of hydrogen-bond donors (Lipinski definition) is 1. The lowest BCUT2D eigenvalue weighted by molar-refractivity contribution is 1.21. The third-order valence-electron chi connectivity index (χ3n) is 2.92. The summed E-state index contributed by atoms with van der Waals surface area (Å²) >= 11 is 5.34. The summed E-state index contributed by atoms with van der Waals surface area (Å²) in [6.45, 7) is 2.07. The van der Waals surface area contributed by atoms with Crippen molar-refractivity contribution in [1.29, 1.82) is 0 Å². The Bertz CT molecular complexity index is 775. The maximum absolute atomic E-state index is 5.34. The normalized spacial score (nSPS) is 10.7. The molecule has 1 heterocycles. The van der Waals surface area contributed by atoms with Crippen molar-refractivity contribution >= 4 is 23.1 Å². The molecule has 3 rings (SSSR count). The Morgan fingerprint density at radius 3 is 2.72 bits per heavy atom. The molecule has 0 aliphatic heterocycles. The highest BCUT2D eigenvalue weighted by atomic mass is 32.1. The summed E-state index contributed by atoms with van der Waals surface area (Å²) in [5.41, 5.74) is 3.29. The van der Waals surface area contributed by atoms with E-state index in [2.05, 4.69) is 29.0 Å². The quantitative estimate of drug-likeness (QED) is 0.655. The van der Waals surface area contributed by atoms with Gasteiger partial charge in [-0.3, -0.25) is 0 Å². The zero-order valence-corrected chi connectivity index (χ0v) is 10.8. The number of aryl methyl sites for hydroxylation is 1. The molecule has 0 aliphatic rings. The molecule has 18 heavy (non-hydrogen) atoms. The number of hydrogen-bond acceptors (Lipinski definition) is 2. The Hall–Kier alpha value is -2.00. The molecular formula is C15H12N2S. The average Bonchev–Trinajstić information content (AvgIpc) is 2.39. The Balaban J connectivity index is 2.28. The van der Waals surface area contributed by atoms with Gasteiger partial charge in [0.25, 0.3) is 0 Å². The van der Waals surface area contributed by atoms with Crippen molar-refractivity contribution in [3.05, 3.63) is 58.7 Å². The number of nitrogens with zero attached hydrogens (tertiary/aromatic N) is 1. The minimum absolute atomic E-state index is 0.640. The van der Waals surface area contributed by atoms with Crippen molar-refractivity contribution in [3.63, 3.8) is 0 Å². The monoisotopic (exact) mass is 252 g/mol. The fourth-order valence-electron chi connectivity index (χ4n) is 2.02. The lowest BCUT2D eigenvalue weighted by Crippen LogP contribution is -1.91. The first-order valence-electron chi connectivity index (χ1n) is 5.80. The van der Waals surface area contributed by atoms with Gasteiger partial charge in [-0.25, -0.2) is 4.98 Å². The van der Waals surface area contributed by atoms with Gasteiger partial charge in [0.1, 0.15) is 10.5 Å². The van der Waals surface area contributed by atoms with Crippen LogP contribution >= 0.6 is 12.2 Å². The second kappa shape index (κ2) is 4.35. The molecule has 0 bridgehead atoms. The van der Waals surface area contributed by atoms with E-state index < -0.39 is 0 Å². The molecule has 3 heteroatoms. The summed E-state index contributed by atoms with van der Waals surface area (Å²) < 4.78 is 0.640. The third kappa shape index (κ3) is 1.93. The molecule has 88 valence electrons. The lowest BCUT2D eigenvalue weighted by Gasteiger charge is -2.05. The molecule has 0 saturated carbocycles. The van der Waals surface area contributed by atoms with Crippen LogP contribution in [0.4, 0.5) is 0 Å². The van der Waals surface area contributed by atoms with E-state index in [1.807, 2.05) is 36.4 Å². The van der Waals surface area contributed by atoms with E-state index >= 15 is 0 Å². The van der Waals surface area contributed by atoms with Gasteiger partial charge in [0, 0.05) is 16.5 Å². The average molecular weight is 252 g/mol. The number of aromatic nitrogens is 2. The van der Waals surface area contributed by atoms with E-state index in [9.17, 15) is 0 Å². The zero-order chi connectivity index (χ0) is 12.5. The molecule has 0 saturated heterocycles. The first-order valence-corrected chi connectivity index (χ1v) is 6.21. The number of nitrogens with one attached hydrogen (secondary N) is 1. The lowest BCUT2D eigenvalue weighted by atomic mass is 10.1. The first kappa shape index (κ1) is 11.1. The largest absolute Gasteiger partial charge is 0.339 e. The van der Waals surface area contributed by atoms with Gasteiger partial charge < -0.3 is 4.98 Å². The summed E-state index contributed by atoms with van der Waals surface area (Å²) in [4.78, 5) is 7.81. The summed E-state index contributed by atoms with van der Waals surface area (Å²) in [6.07, 6.45) is 0. The third-order valence-corrected chi connectivity index (χ3v) is 3.23. The van der Waals surface area contributed by atoms with Crippen LogP contribution in [0.3, 0.4) is 0 Å². The van der Waals surface area contributed by atoms with Gasteiger partial charge >= 0.3 is 0 Å². The fraction of sp³-hybridized carbons (Fsp3) is 0.0667. The summed E-state index contributed by atoms with van der Waals surface area (Å²) in [5.74, 6) is 0.822. The van der Waals surface area contributed by atoms with Gasteiger partial charge in [-0.1, -0.05) is 48.1 Å². The Morgan fingerprint density at radius 1 is 1.06 bits per heavy atom. The van der Waals surface area contributed by atoms with Crippen LogP contribution in [-0.4, -0.2) is 9.97 Å². The Kier molecular flexibility index (Phi) is 2.68. The number of para-hydroxylation sites is 1. The zero-order valence-electron chi connectivity index (χ0n) is 9.97. The second-order valence-electron chi connectivity index (χ2n) is 4.31. The molecule has 2 nitrogen and oxygen atoms in total. The highest BCUT2D eigenvalue weighted by molar-refractivity contribution is 7.71. The van der Waals surface area contributed by atoms with E-state index in [0.29, 0.717) is 4.64 Å². The molecule has 2 aromatic carbocycles. The minimum Gasteiger partial charge on any atom is -0.339 e. The van der Waals surface area contributed by atoms with Crippen LogP contribution in [-0.2, 0) is 0 Å². The van der Waals surface area contributed by atoms with E-state index in [0.717, 1.165) is 22.3 Å². The van der Waals surface area contributed by atoms with Gasteiger partial charge in [0.2, 0.25) is 0 Å². The van der Waals surface area contributed by atoms with Gasteiger partial charge in [0.05, 0.1) is 0 Å². The topological polar surface area (TPSA) is 28.7 Å². The van der Waals surface area contributed by atoms with Gasteiger partial charge in [-0.05, 0) is 25.1 Å². The van der Waals surface area contributed by atoms with Gasteiger partial charge in [-0.15, -0.1) is 0 Å². The van der Waals surface area contributed by atoms with Crippen LogP contribution < -0.4 is 0 Å². The summed E-state index contributed by atoms with van der Waals surface area (Å²) in [6, 6.07) is 16.2. The second-order valence-corrected chi connectivity index (χ2v) is 4.69. The Morgan fingerprint density at radius 2 is 1.89 bits per heavy atom. The molecular weight excluding hydrogens is 240 g/mol. The van der Waals surface area contributed by atoms with Crippen molar-refractivity contribution in [3.8, 4) is 11.4 Å². The maximum atomic E-state index is 5.34. The van der Waals surface area contributed by atoms with Crippen molar-refractivity contribution in [2.75, 3.05) is 0 Å². The van der Waals surface area contributed by atoms with Gasteiger partial charge in [-0.2, -0.15) is 0 Å². The molecule has 0 radical (unpaired) electrons. The molecule has 0 aliphatic carbocycles. The van der Waals surface area contributed by atoms with Crippen molar-refractivity contribution in [2.45, 2.75) is 6.92 Å². The SMILES string of the molecule is Cc1cccc(-c2nc(=S)c3ccccc3[nH]2)c1. The molecule has 0 amide bonds. The molecule has 0 unspecified atom stereocenters. The molecule has 1 aromatic heterocycles. The number of H-pyrrole nitrogens is 1. The van der Waals surface area contributed by atoms with E-state index in [1.165, 1.54) is 5.56 Å². The number of fused-ring (bicyclic) bond motifs is 1. The van der Waals surface area contributed by atoms with Crippen molar-refractivity contribution in [2.24, 2.45) is 0 Å². The molecule has 1 N–H and O–H groups in total. The minimum atomic E-state index is 0.640. The predicted octanol–water partition coefficient (Wildman–Crippen LogP) is 4.27. The smallest absolute Gasteiger partial charge is 0.139 e. The summed E-state index contributed by atoms with van der Waals surface area (Å²) in [7, 11) is 0. The van der Waals surface area contributed by atoms with Crippen molar-refractivity contribution in [1.82, 2.24) is 9.97 Å². The first-order chi connectivity index (χ1) is 8.74. The molecule has 0 atom stereocenters.